The van der Waals surface area contributed by atoms with E-state index in [1.54, 1.807) is 11.3 Å². The molecule has 0 N–H and O–H groups in total. The SMILES string of the molecule is [2H]c1cc(N(c2ccc(-c3nc4ccccc4s3)cc2)c2ccc3cc(-c4nc5ccccc5o4)ccc3c2)cc2ccc(-c3ccc4ccccc4c3)cc12. The van der Waals surface area contributed by atoms with Crippen LogP contribution < -0.4 is 4.90 Å². The molecule has 0 radical (unpaired) electrons. The summed E-state index contributed by atoms with van der Waals surface area (Å²) in [5.41, 5.74) is 9.76. The second-order valence-corrected chi connectivity index (χ2v) is 14.9. The van der Waals surface area contributed by atoms with Gasteiger partial charge in [0.2, 0.25) is 5.89 Å². The third-order valence-corrected chi connectivity index (χ3v) is 11.4. The first-order valence-corrected chi connectivity index (χ1v) is 19.1. The Balaban J connectivity index is 1.01. The minimum Gasteiger partial charge on any atom is -0.436 e. The summed E-state index contributed by atoms with van der Waals surface area (Å²) in [5.74, 6) is 0.606. The van der Waals surface area contributed by atoms with Crippen LogP contribution in [0.2, 0.25) is 0 Å². The van der Waals surface area contributed by atoms with Gasteiger partial charge < -0.3 is 9.32 Å². The van der Waals surface area contributed by atoms with Crippen molar-refractivity contribution in [1.29, 1.82) is 0 Å². The molecule has 5 heteroatoms. The van der Waals surface area contributed by atoms with Gasteiger partial charge in [0.25, 0.3) is 0 Å². The highest BCUT2D eigenvalue weighted by Crippen LogP contribution is 2.40. The number of hydrogen-bond donors (Lipinski definition) is 0. The third kappa shape index (κ3) is 5.70. The first kappa shape index (κ1) is 30.4. The quantitative estimate of drug-likeness (QED) is 0.171. The molecule has 11 aromatic rings. The Morgan fingerprint density at radius 1 is 0.436 bits per heavy atom. The van der Waals surface area contributed by atoms with Gasteiger partial charge in [0.05, 0.1) is 11.6 Å². The first-order valence-electron chi connectivity index (χ1n) is 18.8. The molecule has 9 aromatic carbocycles. The Labute approximate surface area is 322 Å². The van der Waals surface area contributed by atoms with Crippen LogP contribution in [-0.2, 0) is 0 Å². The summed E-state index contributed by atoms with van der Waals surface area (Å²) in [7, 11) is 0. The number of aromatic nitrogens is 2. The van der Waals surface area contributed by atoms with Crippen LogP contribution in [-0.4, -0.2) is 9.97 Å². The summed E-state index contributed by atoms with van der Waals surface area (Å²) in [6.45, 7) is 0. The number of rotatable bonds is 6. The lowest BCUT2D eigenvalue weighted by molar-refractivity contribution is 0.620. The van der Waals surface area contributed by atoms with E-state index in [1.165, 1.54) is 15.5 Å². The maximum absolute atomic E-state index is 9.34. The van der Waals surface area contributed by atoms with Gasteiger partial charge in [-0.1, -0.05) is 91.0 Å². The van der Waals surface area contributed by atoms with Gasteiger partial charge in [-0.3, -0.25) is 0 Å². The zero-order chi connectivity index (χ0) is 37.2. The number of fused-ring (bicyclic) bond motifs is 5. The smallest absolute Gasteiger partial charge is 0.227 e. The molecule has 0 spiro atoms. The molecule has 4 nitrogen and oxygen atoms in total. The van der Waals surface area contributed by atoms with Gasteiger partial charge in [0.15, 0.2) is 5.58 Å². The molecular weight excluding hydrogens is 691 g/mol. The van der Waals surface area contributed by atoms with E-state index >= 15 is 0 Å². The van der Waals surface area contributed by atoms with E-state index in [0.29, 0.717) is 11.9 Å². The minimum absolute atomic E-state index is 0.472. The Morgan fingerprint density at radius 3 is 1.82 bits per heavy atom. The maximum atomic E-state index is 9.34. The monoisotopic (exact) mass is 722 g/mol. The molecule has 2 aromatic heterocycles. The zero-order valence-electron chi connectivity index (χ0n) is 30.5. The van der Waals surface area contributed by atoms with Crippen molar-refractivity contribution in [2.75, 3.05) is 4.90 Å². The second-order valence-electron chi connectivity index (χ2n) is 13.8. The molecule has 0 unspecified atom stereocenters. The standard InChI is InChI=1S/C50H31N3OS/c1-2-8-34-27-35(14-13-32(34)7-1)36-15-16-39-30-43(25-21-37(39)28-36)53(42-23-19-33(20-24-42)50-52-46-10-4-6-12-48(46)55-50)44-26-22-38-29-41(18-17-40(38)31-44)49-51-45-9-3-5-11-47(45)54-49/h1-31H/i21D. The average molecular weight is 723 g/mol. The lowest BCUT2D eigenvalue weighted by Crippen LogP contribution is -2.10. The van der Waals surface area contributed by atoms with Gasteiger partial charge in [-0.05, 0) is 141 Å². The predicted octanol–water partition coefficient (Wildman–Crippen LogP) is 14.4. The average Bonchev–Trinajstić information content (AvgIpc) is 3.89. The number of nitrogens with zero attached hydrogens (tertiary/aromatic N) is 3. The van der Waals surface area contributed by atoms with E-state index in [0.717, 1.165) is 82.5 Å². The van der Waals surface area contributed by atoms with Crippen molar-refractivity contribution in [1.82, 2.24) is 9.97 Å². The van der Waals surface area contributed by atoms with Crippen LogP contribution in [0.3, 0.4) is 0 Å². The van der Waals surface area contributed by atoms with Crippen molar-refractivity contribution in [2.24, 2.45) is 0 Å². The number of para-hydroxylation sites is 3. The lowest BCUT2D eigenvalue weighted by Gasteiger charge is -2.26. The Kier molecular flexibility index (Phi) is 7.07. The van der Waals surface area contributed by atoms with Gasteiger partial charge in [-0.2, -0.15) is 0 Å². The van der Waals surface area contributed by atoms with Crippen LogP contribution in [0.15, 0.2) is 192 Å². The van der Waals surface area contributed by atoms with E-state index in [4.69, 9.17) is 14.4 Å². The highest BCUT2D eigenvalue weighted by atomic mass is 32.1. The van der Waals surface area contributed by atoms with E-state index in [9.17, 15) is 1.37 Å². The van der Waals surface area contributed by atoms with Crippen LogP contribution in [0.5, 0.6) is 0 Å². The van der Waals surface area contributed by atoms with Gasteiger partial charge in [-0.25, -0.2) is 9.97 Å². The third-order valence-electron chi connectivity index (χ3n) is 10.4. The molecule has 0 atom stereocenters. The van der Waals surface area contributed by atoms with Gasteiger partial charge >= 0.3 is 0 Å². The van der Waals surface area contributed by atoms with Crippen LogP contribution in [0.1, 0.15) is 1.37 Å². The number of hydrogen-bond acceptors (Lipinski definition) is 5. The molecule has 0 aliphatic heterocycles. The predicted molar refractivity (Wildman–Crippen MR) is 231 cm³/mol. The zero-order valence-corrected chi connectivity index (χ0v) is 30.3. The van der Waals surface area contributed by atoms with Crippen LogP contribution in [0.25, 0.3) is 86.8 Å². The Morgan fingerprint density at radius 2 is 1.00 bits per heavy atom. The summed E-state index contributed by atoms with van der Waals surface area (Å²) in [6, 6.07) is 63.6. The van der Waals surface area contributed by atoms with Crippen molar-refractivity contribution >= 4 is 82.0 Å². The van der Waals surface area contributed by atoms with Gasteiger partial charge in [0.1, 0.15) is 10.5 Å². The van der Waals surface area contributed by atoms with Crippen LogP contribution in [0, 0.1) is 0 Å². The van der Waals surface area contributed by atoms with E-state index < -0.39 is 0 Å². The molecule has 0 aliphatic rings. The number of oxazole rings is 1. The Hall–Kier alpha value is -7.08. The fraction of sp³-hybridized carbons (Fsp3) is 0. The molecule has 0 bridgehead atoms. The molecule has 2 heterocycles. The normalized spacial score (nSPS) is 11.9. The van der Waals surface area contributed by atoms with Gasteiger partial charge in [0, 0.05) is 28.2 Å². The molecular formula is C50H31N3OS. The molecule has 0 fully saturated rings. The summed E-state index contributed by atoms with van der Waals surface area (Å²) < 4.78 is 16.6. The van der Waals surface area contributed by atoms with Crippen molar-refractivity contribution in [3.63, 3.8) is 0 Å². The molecule has 0 amide bonds. The van der Waals surface area contributed by atoms with Crippen molar-refractivity contribution < 1.29 is 5.79 Å². The van der Waals surface area contributed by atoms with Gasteiger partial charge in [-0.15, -0.1) is 11.3 Å². The molecule has 258 valence electrons. The highest BCUT2D eigenvalue weighted by Gasteiger charge is 2.16. The molecule has 0 aliphatic carbocycles. The summed E-state index contributed by atoms with van der Waals surface area (Å²) >= 11 is 1.70. The topological polar surface area (TPSA) is 42.2 Å². The number of benzene rings is 9. The van der Waals surface area contributed by atoms with Crippen molar-refractivity contribution in [2.45, 2.75) is 0 Å². The molecule has 0 saturated carbocycles. The fourth-order valence-corrected chi connectivity index (χ4v) is 8.51. The van der Waals surface area contributed by atoms with E-state index in [1.807, 2.05) is 36.4 Å². The largest absolute Gasteiger partial charge is 0.436 e. The van der Waals surface area contributed by atoms with E-state index in [-0.39, 0.29) is 0 Å². The highest BCUT2D eigenvalue weighted by molar-refractivity contribution is 7.21. The molecule has 55 heavy (non-hydrogen) atoms. The summed E-state index contributed by atoms with van der Waals surface area (Å²) in [5, 5.41) is 7.51. The minimum atomic E-state index is 0.472. The first-order chi connectivity index (χ1) is 27.6. The maximum Gasteiger partial charge on any atom is 0.227 e. The van der Waals surface area contributed by atoms with Crippen LogP contribution >= 0.6 is 11.3 Å². The molecule has 0 saturated heterocycles. The number of thiazole rings is 1. The summed E-state index contributed by atoms with van der Waals surface area (Å²) in [4.78, 5) is 11.9. The van der Waals surface area contributed by atoms with Crippen molar-refractivity contribution in [3.8, 4) is 33.2 Å². The lowest BCUT2D eigenvalue weighted by atomic mass is 9.98. The van der Waals surface area contributed by atoms with Crippen LogP contribution in [0.4, 0.5) is 17.1 Å². The summed E-state index contributed by atoms with van der Waals surface area (Å²) in [6.07, 6.45) is 0. The fourth-order valence-electron chi connectivity index (χ4n) is 7.53. The Bertz CT molecular complexity index is 3230. The molecule has 11 rings (SSSR count). The van der Waals surface area contributed by atoms with E-state index in [2.05, 4.69) is 150 Å². The van der Waals surface area contributed by atoms with Crippen molar-refractivity contribution in [3.05, 3.63) is 188 Å². The second kappa shape index (κ2) is 12.8. The number of anilines is 3.